The summed E-state index contributed by atoms with van der Waals surface area (Å²) in [5.74, 6) is 0.511. The number of halogens is 2. The van der Waals surface area contributed by atoms with E-state index in [0.717, 1.165) is 5.56 Å². The molecule has 2 aromatic rings. The predicted molar refractivity (Wildman–Crippen MR) is 104 cm³/mol. The molecule has 2 aromatic carbocycles. The van der Waals surface area contributed by atoms with Crippen molar-refractivity contribution in [3.63, 3.8) is 0 Å². The maximum atomic E-state index is 13.0. The molecule has 0 bridgehead atoms. The van der Waals surface area contributed by atoms with Gasteiger partial charge in [-0.3, -0.25) is 9.59 Å². The van der Waals surface area contributed by atoms with Crippen LogP contribution < -0.4 is 19.7 Å². The second-order valence-corrected chi connectivity index (χ2v) is 6.85. The Hall–Kier alpha value is -2.44. The minimum Gasteiger partial charge on any atom is -0.493 e. The minimum absolute atomic E-state index is 0.238. The summed E-state index contributed by atoms with van der Waals surface area (Å²) in [7, 11) is 3.10. The van der Waals surface area contributed by atoms with E-state index in [4.69, 9.17) is 32.7 Å². The van der Waals surface area contributed by atoms with Gasteiger partial charge in [0.2, 0.25) is 5.91 Å². The maximum absolute atomic E-state index is 13.0. The number of hydrogen-bond donors (Lipinski definition) is 1. The van der Waals surface area contributed by atoms with Crippen LogP contribution in [-0.4, -0.2) is 26.0 Å². The third kappa shape index (κ3) is 3.55. The van der Waals surface area contributed by atoms with Crippen LogP contribution in [0.1, 0.15) is 24.1 Å². The number of hydrogen-bond acceptors (Lipinski definition) is 4. The summed E-state index contributed by atoms with van der Waals surface area (Å²) in [4.78, 5) is 26.1. The molecule has 1 atom stereocenters. The molecule has 0 unspecified atom stereocenters. The van der Waals surface area contributed by atoms with Crippen molar-refractivity contribution in [2.75, 3.05) is 19.1 Å². The summed E-state index contributed by atoms with van der Waals surface area (Å²) in [6, 6.07) is 7.76. The molecule has 1 aliphatic rings. The van der Waals surface area contributed by atoms with Crippen LogP contribution in [0.4, 0.5) is 5.69 Å². The van der Waals surface area contributed by atoms with Crippen LogP contribution >= 0.6 is 23.2 Å². The molecule has 0 saturated carbocycles. The largest absolute Gasteiger partial charge is 0.493 e. The first kappa shape index (κ1) is 19.3. The first-order valence-corrected chi connectivity index (χ1v) is 8.90. The average Bonchev–Trinajstić information content (AvgIpc) is 2.91. The van der Waals surface area contributed by atoms with Crippen LogP contribution in [0.5, 0.6) is 11.5 Å². The number of nitrogens with one attached hydrogen (secondary N) is 1. The van der Waals surface area contributed by atoms with Crippen LogP contribution in [0.3, 0.4) is 0 Å². The molecule has 1 heterocycles. The predicted octanol–water partition coefficient (Wildman–Crippen LogP) is 3.73. The van der Waals surface area contributed by atoms with Crippen molar-refractivity contribution >= 4 is 40.7 Å². The summed E-state index contributed by atoms with van der Waals surface area (Å²) in [5.41, 5.74) is 1.82. The molecule has 0 radical (unpaired) electrons. The Morgan fingerprint density at radius 3 is 2.41 bits per heavy atom. The first-order valence-electron chi connectivity index (χ1n) is 8.14. The highest BCUT2D eigenvalue weighted by atomic mass is 35.5. The molecule has 142 valence electrons. The lowest BCUT2D eigenvalue weighted by molar-refractivity contribution is -0.126. The van der Waals surface area contributed by atoms with Gasteiger partial charge in [0.05, 0.1) is 31.5 Å². The van der Waals surface area contributed by atoms with E-state index in [1.54, 1.807) is 38.5 Å². The number of carbonyl (C=O) groups is 2. The van der Waals surface area contributed by atoms with Crippen LogP contribution in [0.15, 0.2) is 30.3 Å². The Morgan fingerprint density at radius 1 is 1.11 bits per heavy atom. The number of fused-ring (bicyclic) bond motifs is 1. The molecule has 1 aliphatic heterocycles. The van der Waals surface area contributed by atoms with Gasteiger partial charge in [0.25, 0.3) is 5.91 Å². The van der Waals surface area contributed by atoms with E-state index in [2.05, 4.69) is 5.32 Å². The Kier molecular flexibility index (Phi) is 5.48. The smallest absolute Gasteiger partial charge is 0.254 e. The maximum Gasteiger partial charge on any atom is 0.254 e. The summed E-state index contributed by atoms with van der Waals surface area (Å²) >= 11 is 12.7. The molecule has 27 heavy (non-hydrogen) atoms. The van der Waals surface area contributed by atoms with Gasteiger partial charge in [0, 0.05) is 17.5 Å². The van der Waals surface area contributed by atoms with E-state index in [0.29, 0.717) is 32.8 Å². The SMILES string of the molecule is COc1ccc(CN2C(=O)[C@H](NC(C)=O)c3c(Cl)ccc(Cl)c32)cc1OC. The highest BCUT2D eigenvalue weighted by Gasteiger charge is 2.41. The lowest BCUT2D eigenvalue weighted by Gasteiger charge is -2.20. The fourth-order valence-corrected chi connectivity index (χ4v) is 3.68. The van der Waals surface area contributed by atoms with Crippen LogP contribution in [-0.2, 0) is 16.1 Å². The Bertz CT molecular complexity index is 917. The van der Waals surface area contributed by atoms with Crippen molar-refractivity contribution in [2.45, 2.75) is 19.5 Å². The Morgan fingerprint density at radius 2 is 1.78 bits per heavy atom. The monoisotopic (exact) mass is 408 g/mol. The fourth-order valence-electron chi connectivity index (χ4n) is 3.15. The van der Waals surface area contributed by atoms with Gasteiger partial charge in [0.15, 0.2) is 11.5 Å². The quantitative estimate of drug-likeness (QED) is 0.817. The van der Waals surface area contributed by atoms with Gasteiger partial charge in [-0.1, -0.05) is 29.3 Å². The molecule has 2 amide bonds. The molecule has 1 N–H and O–H groups in total. The van der Waals surface area contributed by atoms with E-state index in [1.165, 1.54) is 11.8 Å². The highest BCUT2D eigenvalue weighted by molar-refractivity contribution is 6.38. The topological polar surface area (TPSA) is 67.9 Å². The second-order valence-electron chi connectivity index (χ2n) is 6.04. The number of ether oxygens (including phenoxy) is 2. The molecule has 6 nitrogen and oxygen atoms in total. The normalized spacial score (nSPS) is 15.5. The molecule has 0 fully saturated rings. The van der Waals surface area contributed by atoms with Crippen LogP contribution in [0, 0.1) is 0 Å². The van der Waals surface area contributed by atoms with Crippen molar-refractivity contribution in [3.05, 3.63) is 51.5 Å². The lowest BCUT2D eigenvalue weighted by Crippen LogP contribution is -2.36. The van der Waals surface area contributed by atoms with Crippen molar-refractivity contribution in [2.24, 2.45) is 0 Å². The van der Waals surface area contributed by atoms with Crippen molar-refractivity contribution < 1.29 is 19.1 Å². The van der Waals surface area contributed by atoms with Crippen LogP contribution in [0.2, 0.25) is 10.0 Å². The zero-order chi connectivity index (χ0) is 19.7. The van der Waals surface area contributed by atoms with Crippen molar-refractivity contribution in [1.82, 2.24) is 5.32 Å². The Labute approximate surface area is 167 Å². The van der Waals surface area contributed by atoms with Crippen LogP contribution in [0.25, 0.3) is 0 Å². The van der Waals surface area contributed by atoms with E-state index in [9.17, 15) is 9.59 Å². The number of rotatable bonds is 5. The summed E-state index contributed by atoms with van der Waals surface area (Å²) in [6.45, 7) is 1.59. The van der Waals surface area contributed by atoms with Gasteiger partial charge < -0.3 is 19.7 Å². The van der Waals surface area contributed by atoms with Crippen molar-refractivity contribution in [1.29, 1.82) is 0 Å². The molecule has 0 saturated heterocycles. The molecular formula is C19H18Cl2N2O4. The van der Waals surface area contributed by atoms with E-state index in [-0.39, 0.29) is 18.4 Å². The van der Waals surface area contributed by atoms with Gasteiger partial charge in [-0.15, -0.1) is 0 Å². The molecule has 8 heteroatoms. The van der Waals surface area contributed by atoms with E-state index < -0.39 is 6.04 Å². The minimum atomic E-state index is -0.871. The van der Waals surface area contributed by atoms with Gasteiger partial charge in [0.1, 0.15) is 6.04 Å². The van der Waals surface area contributed by atoms with Gasteiger partial charge in [-0.25, -0.2) is 0 Å². The van der Waals surface area contributed by atoms with Crippen molar-refractivity contribution in [3.8, 4) is 11.5 Å². The highest BCUT2D eigenvalue weighted by Crippen LogP contribution is 2.45. The zero-order valence-electron chi connectivity index (χ0n) is 15.0. The van der Waals surface area contributed by atoms with Gasteiger partial charge >= 0.3 is 0 Å². The second kappa shape index (κ2) is 7.66. The zero-order valence-corrected chi connectivity index (χ0v) is 16.5. The summed E-state index contributed by atoms with van der Waals surface area (Å²) in [5, 5.41) is 3.41. The fraction of sp³-hybridized carbons (Fsp3) is 0.263. The third-order valence-corrected chi connectivity index (χ3v) is 4.96. The number of anilines is 1. The molecular weight excluding hydrogens is 391 g/mol. The number of carbonyl (C=O) groups excluding carboxylic acids is 2. The average molecular weight is 409 g/mol. The number of methoxy groups -OCH3 is 2. The lowest BCUT2D eigenvalue weighted by atomic mass is 10.1. The standard InChI is InChI=1S/C19H18Cl2N2O4/c1-10(24)22-17-16-12(20)5-6-13(21)18(16)23(19(17)25)9-11-4-7-14(26-2)15(8-11)27-3/h4-8,17H,9H2,1-3H3,(H,22,24)/t17-/m1/s1. The third-order valence-electron chi connectivity index (χ3n) is 4.32. The van der Waals surface area contributed by atoms with E-state index >= 15 is 0 Å². The van der Waals surface area contributed by atoms with Gasteiger partial charge in [-0.2, -0.15) is 0 Å². The van der Waals surface area contributed by atoms with E-state index in [1.807, 2.05) is 6.07 Å². The number of benzene rings is 2. The molecule has 3 rings (SSSR count). The summed E-state index contributed by atoms with van der Waals surface area (Å²) in [6.07, 6.45) is 0. The molecule has 0 aliphatic carbocycles. The molecule has 0 aromatic heterocycles. The number of nitrogens with zero attached hydrogens (tertiary/aromatic N) is 1. The molecule has 0 spiro atoms. The number of amides is 2. The summed E-state index contributed by atoms with van der Waals surface area (Å²) < 4.78 is 10.6. The first-order chi connectivity index (χ1) is 12.9. The Balaban J connectivity index is 2.03. The van der Waals surface area contributed by atoms with Gasteiger partial charge in [-0.05, 0) is 29.8 Å².